The number of halogens is 1. The highest BCUT2D eigenvalue weighted by Crippen LogP contribution is 2.31. The number of benzene rings is 1. The summed E-state index contributed by atoms with van der Waals surface area (Å²) in [4.78, 5) is 0. The molecule has 0 bridgehead atoms. The quantitative estimate of drug-likeness (QED) is 0.813. The monoisotopic (exact) mass is 253 g/mol. The van der Waals surface area contributed by atoms with Crippen LogP contribution in [0.4, 0.5) is 0 Å². The Hall–Kier alpha value is -0.730. The molecular weight excluding hydrogens is 234 g/mol. The summed E-state index contributed by atoms with van der Waals surface area (Å²) in [5.41, 5.74) is 1.41. The maximum Gasteiger partial charge on any atom is 0.119 e. The molecule has 1 aromatic carbocycles. The van der Waals surface area contributed by atoms with E-state index in [9.17, 15) is 0 Å². The van der Waals surface area contributed by atoms with Crippen LogP contribution in [0.2, 0.25) is 0 Å². The Morgan fingerprint density at radius 2 is 2.12 bits per heavy atom. The van der Waals surface area contributed by atoms with E-state index in [0.717, 1.165) is 12.3 Å². The first-order valence-electron chi connectivity index (χ1n) is 6.22. The maximum atomic E-state index is 6.10. The van der Waals surface area contributed by atoms with Gasteiger partial charge in [0.25, 0.3) is 0 Å². The number of nitrogens with one attached hydrogen (secondary N) is 1. The second-order valence-corrected chi connectivity index (χ2v) is 5.09. The number of alkyl halides is 1. The van der Waals surface area contributed by atoms with Gasteiger partial charge in [-0.05, 0) is 30.5 Å². The van der Waals surface area contributed by atoms with Crippen molar-refractivity contribution in [2.75, 3.05) is 13.0 Å². The molecule has 0 radical (unpaired) electrons. The van der Waals surface area contributed by atoms with Crippen molar-refractivity contribution < 1.29 is 4.74 Å². The smallest absolute Gasteiger partial charge is 0.119 e. The molecule has 1 aromatic rings. The van der Waals surface area contributed by atoms with E-state index in [1.165, 1.54) is 31.2 Å². The van der Waals surface area contributed by atoms with Gasteiger partial charge in [-0.2, -0.15) is 0 Å². The standard InChI is InChI=1S/C14H20ClNO/c1-17-13-6-4-5-12(9-13)10-16-14(11-15)7-2-3-8-14/h4-6,9,16H,2-3,7-8,10-11H2,1H3. The van der Waals surface area contributed by atoms with Crippen LogP contribution >= 0.6 is 11.6 Å². The molecule has 3 heteroatoms. The summed E-state index contributed by atoms with van der Waals surface area (Å²) in [6.45, 7) is 0.865. The molecule has 1 saturated carbocycles. The van der Waals surface area contributed by atoms with Crippen LogP contribution in [-0.2, 0) is 6.54 Å². The van der Waals surface area contributed by atoms with Crippen molar-refractivity contribution in [2.24, 2.45) is 0 Å². The molecule has 0 heterocycles. The lowest BCUT2D eigenvalue weighted by atomic mass is 10.00. The molecule has 0 saturated heterocycles. The Balaban J connectivity index is 1.96. The molecular formula is C14H20ClNO. The third kappa shape index (κ3) is 3.14. The van der Waals surface area contributed by atoms with Gasteiger partial charge in [-0.25, -0.2) is 0 Å². The Labute approximate surface area is 108 Å². The van der Waals surface area contributed by atoms with Gasteiger partial charge in [0.15, 0.2) is 0 Å². The Morgan fingerprint density at radius 1 is 1.35 bits per heavy atom. The molecule has 0 aromatic heterocycles. The summed E-state index contributed by atoms with van der Waals surface area (Å²) in [6, 6.07) is 8.19. The molecule has 17 heavy (non-hydrogen) atoms. The fourth-order valence-electron chi connectivity index (χ4n) is 2.48. The van der Waals surface area contributed by atoms with Gasteiger partial charge in [-0.1, -0.05) is 25.0 Å². The zero-order chi connectivity index (χ0) is 12.1. The highest BCUT2D eigenvalue weighted by molar-refractivity contribution is 6.18. The van der Waals surface area contributed by atoms with Gasteiger partial charge in [-0.15, -0.1) is 11.6 Å². The molecule has 94 valence electrons. The van der Waals surface area contributed by atoms with Crippen molar-refractivity contribution in [1.29, 1.82) is 0 Å². The molecule has 2 rings (SSSR count). The van der Waals surface area contributed by atoms with Crippen molar-refractivity contribution in [3.8, 4) is 5.75 Å². The molecule has 1 N–H and O–H groups in total. The van der Waals surface area contributed by atoms with Gasteiger partial charge in [-0.3, -0.25) is 0 Å². The van der Waals surface area contributed by atoms with E-state index in [1.54, 1.807) is 7.11 Å². The summed E-state index contributed by atoms with van der Waals surface area (Å²) < 4.78 is 5.22. The number of ether oxygens (including phenoxy) is 1. The fraction of sp³-hybridized carbons (Fsp3) is 0.571. The fourth-order valence-corrected chi connectivity index (χ4v) is 2.84. The molecule has 1 aliphatic rings. The lowest BCUT2D eigenvalue weighted by Crippen LogP contribution is -2.43. The maximum absolute atomic E-state index is 6.10. The van der Waals surface area contributed by atoms with Crippen LogP contribution in [0.3, 0.4) is 0 Å². The van der Waals surface area contributed by atoms with Crippen LogP contribution in [0.1, 0.15) is 31.2 Å². The topological polar surface area (TPSA) is 21.3 Å². The Kier molecular flexibility index (Phi) is 4.30. The van der Waals surface area contributed by atoms with Crippen LogP contribution in [0.25, 0.3) is 0 Å². The van der Waals surface area contributed by atoms with Crippen LogP contribution < -0.4 is 10.1 Å². The summed E-state index contributed by atoms with van der Waals surface area (Å²) >= 11 is 6.10. The summed E-state index contributed by atoms with van der Waals surface area (Å²) in [7, 11) is 1.70. The first-order chi connectivity index (χ1) is 8.28. The first kappa shape index (κ1) is 12.7. The minimum Gasteiger partial charge on any atom is -0.497 e. The zero-order valence-corrected chi connectivity index (χ0v) is 11.1. The van der Waals surface area contributed by atoms with Gasteiger partial charge in [0, 0.05) is 18.0 Å². The third-order valence-corrected chi connectivity index (χ3v) is 4.13. The molecule has 0 atom stereocenters. The van der Waals surface area contributed by atoms with E-state index >= 15 is 0 Å². The number of methoxy groups -OCH3 is 1. The SMILES string of the molecule is COc1cccc(CNC2(CCl)CCCC2)c1. The average Bonchev–Trinajstić information content (AvgIpc) is 2.86. The zero-order valence-electron chi connectivity index (χ0n) is 10.3. The minimum atomic E-state index is 0.157. The van der Waals surface area contributed by atoms with Crippen molar-refractivity contribution in [3.05, 3.63) is 29.8 Å². The highest BCUT2D eigenvalue weighted by Gasteiger charge is 2.32. The number of rotatable bonds is 5. The normalized spacial score (nSPS) is 18.2. The summed E-state index contributed by atoms with van der Waals surface area (Å²) in [5.74, 6) is 1.62. The lowest BCUT2D eigenvalue weighted by Gasteiger charge is -2.28. The van der Waals surface area contributed by atoms with Crippen molar-refractivity contribution in [3.63, 3.8) is 0 Å². The van der Waals surface area contributed by atoms with Gasteiger partial charge >= 0.3 is 0 Å². The lowest BCUT2D eigenvalue weighted by molar-refractivity contribution is 0.367. The largest absolute Gasteiger partial charge is 0.497 e. The number of hydrogen-bond donors (Lipinski definition) is 1. The molecule has 0 unspecified atom stereocenters. The number of hydrogen-bond acceptors (Lipinski definition) is 2. The van der Waals surface area contributed by atoms with E-state index in [4.69, 9.17) is 16.3 Å². The highest BCUT2D eigenvalue weighted by atomic mass is 35.5. The van der Waals surface area contributed by atoms with Crippen LogP contribution in [0, 0.1) is 0 Å². The minimum absolute atomic E-state index is 0.157. The van der Waals surface area contributed by atoms with Gasteiger partial charge in [0.2, 0.25) is 0 Å². The molecule has 1 fully saturated rings. The molecule has 1 aliphatic carbocycles. The predicted molar refractivity (Wildman–Crippen MR) is 71.8 cm³/mol. The molecule has 0 amide bonds. The van der Waals surface area contributed by atoms with Gasteiger partial charge < -0.3 is 10.1 Å². The van der Waals surface area contributed by atoms with E-state index in [2.05, 4.69) is 17.4 Å². The first-order valence-corrected chi connectivity index (χ1v) is 6.75. The van der Waals surface area contributed by atoms with Crippen LogP contribution in [0.5, 0.6) is 5.75 Å². The van der Waals surface area contributed by atoms with E-state index < -0.39 is 0 Å². The molecule has 0 aliphatic heterocycles. The Morgan fingerprint density at radius 3 is 2.76 bits per heavy atom. The van der Waals surface area contributed by atoms with E-state index in [1.807, 2.05) is 12.1 Å². The van der Waals surface area contributed by atoms with Crippen LogP contribution in [-0.4, -0.2) is 18.5 Å². The third-order valence-electron chi connectivity index (χ3n) is 3.62. The average molecular weight is 254 g/mol. The van der Waals surface area contributed by atoms with E-state index in [0.29, 0.717) is 5.88 Å². The Bertz CT molecular complexity index is 361. The second kappa shape index (κ2) is 5.74. The molecule has 0 spiro atoms. The van der Waals surface area contributed by atoms with E-state index in [-0.39, 0.29) is 5.54 Å². The van der Waals surface area contributed by atoms with Gasteiger partial charge in [0.05, 0.1) is 7.11 Å². The van der Waals surface area contributed by atoms with Crippen molar-refractivity contribution in [1.82, 2.24) is 5.32 Å². The van der Waals surface area contributed by atoms with Crippen molar-refractivity contribution >= 4 is 11.6 Å². The molecule has 2 nitrogen and oxygen atoms in total. The summed E-state index contributed by atoms with van der Waals surface area (Å²) in [5, 5.41) is 3.62. The van der Waals surface area contributed by atoms with Crippen molar-refractivity contribution in [2.45, 2.75) is 37.8 Å². The second-order valence-electron chi connectivity index (χ2n) is 4.83. The predicted octanol–water partition coefficient (Wildman–Crippen LogP) is 3.34. The van der Waals surface area contributed by atoms with Gasteiger partial charge in [0.1, 0.15) is 5.75 Å². The summed E-state index contributed by atoms with van der Waals surface area (Å²) in [6.07, 6.45) is 4.97. The van der Waals surface area contributed by atoms with Crippen LogP contribution in [0.15, 0.2) is 24.3 Å².